The molecule has 0 amide bonds. The van der Waals surface area contributed by atoms with Crippen LogP contribution in [0.15, 0.2) is 52.9 Å². The number of benzene rings is 2. The predicted molar refractivity (Wildman–Crippen MR) is 100.0 cm³/mol. The van der Waals surface area contributed by atoms with Gasteiger partial charge in [0.15, 0.2) is 11.5 Å². The van der Waals surface area contributed by atoms with Crippen LogP contribution in [0.25, 0.3) is 11.3 Å². The molecule has 3 aromatic rings. The molecule has 1 heterocycles. The molecule has 0 fully saturated rings. The fraction of sp³-hybridized carbons (Fsp3) is 0.111. The topological polar surface area (TPSA) is 76.0 Å². The molecule has 0 aliphatic rings. The summed E-state index contributed by atoms with van der Waals surface area (Å²) in [6.45, 7) is 0. The molecule has 2 N–H and O–H groups in total. The Labute approximate surface area is 149 Å². The summed E-state index contributed by atoms with van der Waals surface area (Å²) in [6, 6.07) is 12.7. The normalized spacial score (nSPS) is 10.8. The maximum atomic E-state index is 9.59. The van der Waals surface area contributed by atoms with Gasteiger partial charge in [-0.3, -0.25) is 5.43 Å². The Hall–Kier alpha value is -3.06. The number of aromatic nitrogens is 1. The van der Waals surface area contributed by atoms with Crippen LogP contribution in [0.3, 0.4) is 0 Å². The van der Waals surface area contributed by atoms with Crippen molar-refractivity contribution in [3.05, 3.63) is 53.4 Å². The van der Waals surface area contributed by atoms with Gasteiger partial charge in [-0.2, -0.15) is 5.10 Å². The molecule has 0 radical (unpaired) electrons. The van der Waals surface area contributed by atoms with Crippen LogP contribution in [0.1, 0.15) is 5.56 Å². The summed E-state index contributed by atoms with van der Waals surface area (Å²) in [6.07, 6.45) is 1.63. The SMILES string of the molecule is COc1cc(/C=N\Nc2nc(-c3ccccc3OC)cs2)ccc1O. The zero-order chi connectivity index (χ0) is 17.6. The van der Waals surface area contributed by atoms with Gasteiger partial charge < -0.3 is 14.6 Å². The molecule has 0 atom stereocenters. The van der Waals surface area contributed by atoms with Crippen LogP contribution in [-0.2, 0) is 0 Å². The van der Waals surface area contributed by atoms with E-state index >= 15 is 0 Å². The highest BCUT2D eigenvalue weighted by molar-refractivity contribution is 7.14. The summed E-state index contributed by atoms with van der Waals surface area (Å²) < 4.78 is 10.4. The molecule has 0 bridgehead atoms. The Morgan fingerprint density at radius 3 is 2.72 bits per heavy atom. The predicted octanol–water partition coefficient (Wildman–Crippen LogP) is 3.98. The van der Waals surface area contributed by atoms with Gasteiger partial charge in [-0.15, -0.1) is 11.3 Å². The summed E-state index contributed by atoms with van der Waals surface area (Å²) in [5.74, 6) is 1.27. The van der Waals surface area contributed by atoms with E-state index in [1.54, 1.807) is 31.5 Å². The molecule has 2 aromatic carbocycles. The Kier molecular flexibility index (Phi) is 5.15. The van der Waals surface area contributed by atoms with E-state index in [-0.39, 0.29) is 5.75 Å². The van der Waals surface area contributed by atoms with E-state index in [0.29, 0.717) is 10.9 Å². The lowest BCUT2D eigenvalue weighted by Crippen LogP contribution is -1.92. The molecule has 0 spiro atoms. The van der Waals surface area contributed by atoms with Gasteiger partial charge in [-0.1, -0.05) is 12.1 Å². The number of nitrogens with one attached hydrogen (secondary N) is 1. The second kappa shape index (κ2) is 7.67. The Balaban J connectivity index is 1.72. The molecule has 0 saturated heterocycles. The fourth-order valence-electron chi connectivity index (χ4n) is 2.24. The second-order valence-corrected chi connectivity index (χ2v) is 5.90. The first-order chi connectivity index (χ1) is 12.2. The number of methoxy groups -OCH3 is 2. The van der Waals surface area contributed by atoms with Crippen molar-refractivity contribution in [3.8, 4) is 28.5 Å². The second-order valence-electron chi connectivity index (χ2n) is 5.04. The van der Waals surface area contributed by atoms with Crippen LogP contribution in [0.4, 0.5) is 5.13 Å². The molecular formula is C18H17N3O3S. The van der Waals surface area contributed by atoms with Gasteiger partial charge in [-0.05, 0) is 35.9 Å². The Morgan fingerprint density at radius 2 is 1.92 bits per heavy atom. The van der Waals surface area contributed by atoms with Crippen molar-refractivity contribution in [2.24, 2.45) is 5.10 Å². The number of nitrogens with zero attached hydrogens (tertiary/aromatic N) is 2. The monoisotopic (exact) mass is 355 g/mol. The van der Waals surface area contributed by atoms with Gasteiger partial charge in [-0.25, -0.2) is 4.98 Å². The number of hydrogen-bond donors (Lipinski definition) is 2. The van der Waals surface area contributed by atoms with E-state index in [4.69, 9.17) is 9.47 Å². The van der Waals surface area contributed by atoms with E-state index in [1.165, 1.54) is 18.4 Å². The van der Waals surface area contributed by atoms with Crippen molar-refractivity contribution in [3.63, 3.8) is 0 Å². The van der Waals surface area contributed by atoms with Gasteiger partial charge in [0.05, 0.1) is 26.1 Å². The summed E-state index contributed by atoms with van der Waals surface area (Å²) >= 11 is 1.45. The molecule has 0 saturated carbocycles. The van der Waals surface area contributed by atoms with Crippen LogP contribution < -0.4 is 14.9 Å². The third kappa shape index (κ3) is 3.89. The van der Waals surface area contributed by atoms with E-state index in [0.717, 1.165) is 22.6 Å². The van der Waals surface area contributed by atoms with Crippen molar-refractivity contribution in [1.29, 1.82) is 0 Å². The van der Waals surface area contributed by atoms with Crippen LogP contribution >= 0.6 is 11.3 Å². The first-order valence-electron chi connectivity index (χ1n) is 7.46. The van der Waals surface area contributed by atoms with Crippen LogP contribution in [0.2, 0.25) is 0 Å². The Bertz CT molecular complexity index is 893. The number of aromatic hydroxyl groups is 1. The highest BCUT2D eigenvalue weighted by Crippen LogP contribution is 2.31. The molecule has 0 aliphatic carbocycles. The maximum Gasteiger partial charge on any atom is 0.203 e. The molecule has 7 heteroatoms. The van der Waals surface area contributed by atoms with Gasteiger partial charge in [0, 0.05) is 10.9 Å². The summed E-state index contributed by atoms with van der Waals surface area (Å²) in [5, 5.41) is 16.4. The minimum atomic E-state index is 0.0917. The molecular weight excluding hydrogens is 338 g/mol. The van der Waals surface area contributed by atoms with Crippen LogP contribution in [0.5, 0.6) is 17.2 Å². The van der Waals surface area contributed by atoms with E-state index < -0.39 is 0 Å². The van der Waals surface area contributed by atoms with Crippen molar-refractivity contribution >= 4 is 22.7 Å². The van der Waals surface area contributed by atoms with Crippen molar-refractivity contribution in [1.82, 2.24) is 4.98 Å². The largest absolute Gasteiger partial charge is 0.504 e. The minimum absolute atomic E-state index is 0.0917. The number of hydrazone groups is 1. The first-order valence-corrected chi connectivity index (χ1v) is 8.34. The molecule has 0 unspecified atom stereocenters. The van der Waals surface area contributed by atoms with Crippen LogP contribution in [-0.4, -0.2) is 30.5 Å². The number of phenolic OH excluding ortho intramolecular Hbond substituents is 1. The molecule has 3 rings (SSSR count). The zero-order valence-electron chi connectivity index (χ0n) is 13.8. The lowest BCUT2D eigenvalue weighted by molar-refractivity contribution is 0.373. The first kappa shape index (κ1) is 16.8. The average Bonchev–Trinajstić information content (AvgIpc) is 3.11. The molecule has 1 aromatic heterocycles. The lowest BCUT2D eigenvalue weighted by atomic mass is 10.1. The number of hydrogen-bond acceptors (Lipinski definition) is 7. The van der Waals surface area contributed by atoms with Gasteiger partial charge in [0.1, 0.15) is 5.75 Å². The third-order valence-corrected chi connectivity index (χ3v) is 4.21. The number of phenols is 1. The standard InChI is InChI=1S/C18H17N3O3S/c1-23-16-6-4-3-5-13(16)14-11-25-18(20-14)21-19-10-12-7-8-15(22)17(9-12)24-2/h3-11,22H,1-2H3,(H,20,21)/b19-10-. The van der Waals surface area contributed by atoms with Gasteiger partial charge in [0.2, 0.25) is 5.13 Å². The smallest absolute Gasteiger partial charge is 0.203 e. The lowest BCUT2D eigenvalue weighted by Gasteiger charge is -2.04. The number of ether oxygens (including phenoxy) is 2. The number of para-hydroxylation sites is 1. The summed E-state index contributed by atoms with van der Waals surface area (Å²) in [7, 11) is 3.14. The average molecular weight is 355 g/mol. The molecule has 6 nitrogen and oxygen atoms in total. The zero-order valence-corrected chi connectivity index (χ0v) is 14.6. The maximum absolute atomic E-state index is 9.59. The Morgan fingerprint density at radius 1 is 1.12 bits per heavy atom. The summed E-state index contributed by atoms with van der Waals surface area (Å²) in [4.78, 5) is 4.52. The minimum Gasteiger partial charge on any atom is -0.504 e. The highest BCUT2D eigenvalue weighted by Gasteiger charge is 2.09. The van der Waals surface area contributed by atoms with Crippen molar-refractivity contribution in [2.45, 2.75) is 0 Å². The third-order valence-electron chi connectivity index (χ3n) is 3.46. The van der Waals surface area contributed by atoms with Gasteiger partial charge >= 0.3 is 0 Å². The van der Waals surface area contributed by atoms with E-state index in [2.05, 4.69) is 15.5 Å². The number of thiazole rings is 1. The van der Waals surface area contributed by atoms with Crippen molar-refractivity contribution < 1.29 is 14.6 Å². The fourth-order valence-corrected chi connectivity index (χ4v) is 2.90. The van der Waals surface area contributed by atoms with E-state index in [1.807, 2.05) is 29.6 Å². The molecule has 0 aliphatic heterocycles. The molecule has 25 heavy (non-hydrogen) atoms. The molecule has 128 valence electrons. The highest BCUT2D eigenvalue weighted by atomic mass is 32.1. The number of rotatable bonds is 6. The van der Waals surface area contributed by atoms with Crippen LogP contribution in [0, 0.1) is 0 Å². The van der Waals surface area contributed by atoms with Crippen molar-refractivity contribution in [2.75, 3.05) is 19.6 Å². The summed E-state index contributed by atoms with van der Waals surface area (Å²) in [5.41, 5.74) is 5.46. The number of anilines is 1. The quantitative estimate of drug-likeness (QED) is 0.517. The van der Waals surface area contributed by atoms with Gasteiger partial charge in [0.25, 0.3) is 0 Å². The van der Waals surface area contributed by atoms with E-state index in [9.17, 15) is 5.11 Å².